The molecule has 5 aromatic carbocycles. The Bertz CT molecular complexity index is 1220. The molecule has 3 nitrogen and oxygen atoms in total. The van der Waals surface area contributed by atoms with Gasteiger partial charge in [-0.05, 0) is 46.5 Å². The van der Waals surface area contributed by atoms with Gasteiger partial charge in [-0.2, -0.15) is 0 Å². The van der Waals surface area contributed by atoms with Crippen LogP contribution in [0.4, 0.5) is 0 Å². The number of hydrogen-bond donors (Lipinski definition) is 1. The number of ether oxygens (including phenoxy) is 2. The van der Waals surface area contributed by atoms with Crippen molar-refractivity contribution in [3.63, 3.8) is 0 Å². The molecule has 5 aromatic rings. The normalized spacial score (nSPS) is 11.9. The molecule has 0 amide bonds. The van der Waals surface area contributed by atoms with Crippen molar-refractivity contribution in [3.8, 4) is 11.5 Å². The highest BCUT2D eigenvalue weighted by Gasteiger charge is 2.19. The highest BCUT2D eigenvalue weighted by Crippen LogP contribution is 2.40. The van der Waals surface area contributed by atoms with Crippen LogP contribution in [0.5, 0.6) is 11.5 Å². The lowest BCUT2D eigenvalue weighted by atomic mass is 10.0. The Morgan fingerprint density at radius 1 is 0.410 bits per heavy atom. The van der Waals surface area contributed by atoms with Crippen molar-refractivity contribution in [3.05, 3.63) is 168 Å². The maximum atomic E-state index is 5.35. The Morgan fingerprint density at radius 2 is 0.692 bits per heavy atom. The van der Waals surface area contributed by atoms with E-state index in [-0.39, 0.29) is 10.5 Å². The molecule has 0 heterocycles. The first-order chi connectivity index (χ1) is 19.3. The van der Waals surface area contributed by atoms with Crippen molar-refractivity contribution in [2.75, 3.05) is 14.2 Å². The maximum absolute atomic E-state index is 5.35. The van der Waals surface area contributed by atoms with E-state index in [2.05, 4.69) is 89.1 Å². The van der Waals surface area contributed by atoms with Crippen molar-refractivity contribution < 1.29 is 9.47 Å². The summed E-state index contributed by atoms with van der Waals surface area (Å²) in [5.74, 6) is 1.73. The lowest BCUT2D eigenvalue weighted by Gasteiger charge is -2.22. The summed E-state index contributed by atoms with van der Waals surface area (Å²) in [6.07, 6.45) is 0. The maximum Gasteiger partial charge on any atom is 0.118 e. The molecule has 0 bridgehead atoms. The second-order valence-corrected chi connectivity index (χ2v) is 10.7. The average molecular weight is 552 g/mol. The molecular formula is C34H33NO2S2. The molecule has 0 aliphatic carbocycles. The quantitative estimate of drug-likeness (QED) is 0.175. The SMILES string of the molecule is COc1ccc(C(SNSC(c2ccccc2)c2ccc(OC)cc2)c2ccccc2)cc1.c1ccccc1. The van der Waals surface area contributed by atoms with Crippen molar-refractivity contribution in [1.29, 1.82) is 0 Å². The minimum absolute atomic E-state index is 0.150. The van der Waals surface area contributed by atoms with E-state index in [0.29, 0.717) is 0 Å². The van der Waals surface area contributed by atoms with Crippen LogP contribution in [0.25, 0.3) is 0 Å². The molecular weight excluding hydrogens is 519 g/mol. The summed E-state index contributed by atoms with van der Waals surface area (Å²) in [7, 11) is 3.39. The van der Waals surface area contributed by atoms with Gasteiger partial charge in [0.1, 0.15) is 11.5 Å². The van der Waals surface area contributed by atoms with Gasteiger partial charge in [0.25, 0.3) is 0 Å². The van der Waals surface area contributed by atoms with E-state index in [1.54, 1.807) is 38.1 Å². The van der Waals surface area contributed by atoms with E-state index < -0.39 is 0 Å². The van der Waals surface area contributed by atoms with Crippen LogP contribution in [0.1, 0.15) is 32.8 Å². The molecule has 0 saturated heterocycles. The molecule has 0 spiro atoms. The fourth-order valence-electron chi connectivity index (χ4n) is 3.98. The third-order valence-corrected chi connectivity index (χ3v) is 8.37. The lowest BCUT2D eigenvalue weighted by Crippen LogP contribution is -2.06. The molecule has 2 atom stereocenters. The summed E-state index contributed by atoms with van der Waals surface area (Å²) >= 11 is 3.43. The summed E-state index contributed by atoms with van der Waals surface area (Å²) in [4.78, 5) is 0. The van der Waals surface area contributed by atoms with Crippen LogP contribution in [0.2, 0.25) is 0 Å². The number of benzene rings is 5. The van der Waals surface area contributed by atoms with Gasteiger partial charge in [0.05, 0.1) is 24.7 Å². The number of methoxy groups -OCH3 is 2. The Morgan fingerprint density at radius 3 is 1.00 bits per heavy atom. The lowest BCUT2D eigenvalue weighted by molar-refractivity contribution is 0.414. The second-order valence-electron chi connectivity index (χ2n) is 8.60. The van der Waals surface area contributed by atoms with Crippen LogP contribution >= 0.6 is 23.9 Å². The topological polar surface area (TPSA) is 30.5 Å². The minimum Gasteiger partial charge on any atom is -0.497 e. The van der Waals surface area contributed by atoms with E-state index in [4.69, 9.17) is 9.47 Å². The number of nitrogens with one attached hydrogen (secondary N) is 1. The van der Waals surface area contributed by atoms with Crippen LogP contribution in [0.3, 0.4) is 0 Å². The van der Waals surface area contributed by atoms with Crippen molar-refractivity contribution in [2.45, 2.75) is 10.5 Å². The molecule has 39 heavy (non-hydrogen) atoms. The highest BCUT2D eigenvalue weighted by molar-refractivity contribution is 8.13. The van der Waals surface area contributed by atoms with Gasteiger partial charge in [0, 0.05) is 0 Å². The summed E-state index contributed by atoms with van der Waals surface area (Å²) in [6, 6.07) is 49.7. The summed E-state index contributed by atoms with van der Waals surface area (Å²) in [5, 5.41) is 0.300. The zero-order chi connectivity index (χ0) is 27.1. The van der Waals surface area contributed by atoms with Gasteiger partial charge >= 0.3 is 0 Å². The van der Waals surface area contributed by atoms with Crippen molar-refractivity contribution in [2.24, 2.45) is 0 Å². The highest BCUT2D eigenvalue weighted by atomic mass is 32.2. The van der Waals surface area contributed by atoms with E-state index in [0.717, 1.165) is 11.5 Å². The number of hydrogen-bond acceptors (Lipinski definition) is 5. The third-order valence-electron chi connectivity index (χ3n) is 6.04. The molecule has 0 aromatic heterocycles. The predicted octanol–water partition coefficient (Wildman–Crippen LogP) is 9.16. The molecule has 0 aliphatic rings. The standard InChI is InChI=1S/C28H27NO2S2.C6H6/c1-30-25-17-13-23(14-18-25)27(21-9-5-3-6-10-21)32-29-33-28(22-11-7-4-8-12-22)24-15-19-26(31-2)20-16-24;1-2-4-6-5-3-1/h3-20,27-29H,1-2H3;1-6H. The Labute approximate surface area is 240 Å². The van der Waals surface area contributed by atoms with E-state index >= 15 is 0 Å². The average Bonchev–Trinajstić information content (AvgIpc) is 3.03. The molecule has 5 heteroatoms. The third kappa shape index (κ3) is 8.69. The Hall–Kier alpha value is -3.64. The van der Waals surface area contributed by atoms with Gasteiger partial charge in [-0.25, -0.2) is 4.13 Å². The molecule has 0 aliphatic heterocycles. The van der Waals surface area contributed by atoms with Gasteiger partial charge in [-0.15, -0.1) is 0 Å². The molecule has 2 unspecified atom stereocenters. The van der Waals surface area contributed by atoms with Crippen LogP contribution in [-0.2, 0) is 0 Å². The van der Waals surface area contributed by atoms with E-state index in [1.807, 2.05) is 60.7 Å². The summed E-state index contributed by atoms with van der Waals surface area (Å²) < 4.78 is 14.3. The smallest absolute Gasteiger partial charge is 0.118 e. The first-order valence-electron chi connectivity index (χ1n) is 12.7. The molecule has 5 rings (SSSR count). The minimum atomic E-state index is 0.150. The predicted molar refractivity (Wildman–Crippen MR) is 167 cm³/mol. The van der Waals surface area contributed by atoms with E-state index in [9.17, 15) is 0 Å². The van der Waals surface area contributed by atoms with Crippen LogP contribution in [-0.4, -0.2) is 14.2 Å². The summed E-state index contributed by atoms with van der Waals surface area (Å²) in [6.45, 7) is 0. The zero-order valence-electron chi connectivity index (χ0n) is 22.1. The van der Waals surface area contributed by atoms with Gasteiger partial charge in [0.2, 0.25) is 0 Å². The molecule has 0 radical (unpaired) electrons. The molecule has 1 N–H and O–H groups in total. The zero-order valence-corrected chi connectivity index (χ0v) is 23.8. The Kier molecular flexibility index (Phi) is 11.4. The molecule has 0 saturated carbocycles. The number of rotatable bonds is 10. The van der Waals surface area contributed by atoms with Gasteiger partial charge in [-0.1, -0.05) is 145 Å². The first-order valence-corrected chi connectivity index (χ1v) is 14.5. The van der Waals surface area contributed by atoms with Crippen LogP contribution < -0.4 is 13.6 Å². The first kappa shape index (κ1) is 28.4. The fraction of sp³-hybridized carbons (Fsp3) is 0.118. The largest absolute Gasteiger partial charge is 0.497 e. The molecule has 198 valence electrons. The summed E-state index contributed by atoms with van der Waals surface area (Å²) in [5.41, 5.74) is 4.95. The fourth-order valence-corrected chi connectivity index (χ4v) is 6.14. The van der Waals surface area contributed by atoms with Crippen LogP contribution in [0.15, 0.2) is 146 Å². The van der Waals surface area contributed by atoms with Gasteiger partial charge in [-0.3, -0.25) is 0 Å². The van der Waals surface area contributed by atoms with Crippen molar-refractivity contribution >= 4 is 23.9 Å². The van der Waals surface area contributed by atoms with Crippen molar-refractivity contribution in [1.82, 2.24) is 4.13 Å². The second kappa shape index (κ2) is 15.7. The Balaban J connectivity index is 0.000000519. The monoisotopic (exact) mass is 551 g/mol. The van der Waals surface area contributed by atoms with Gasteiger partial charge < -0.3 is 9.47 Å². The van der Waals surface area contributed by atoms with Gasteiger partial charge in [0.15, 0.2) is 0 Å². The van der Waals surface area contributed by atoms with E-state index in [1.165, 1.54) is 22.3 Å². The van der Waals surface area contributed by atoms with Crippen LogP contribution in [0, 0.1) is 0 Å². The molecule has 0 fully saturated rings.